The van der Waals surface area contributed by atoms with Crippen LogP contribution in [0.3, 0.4) is 0 Å². The first-order valence-corrected chi connectivity index (χ1v) is 9.47. The Hall–Kier alpha value is -1.10. The monoisotopic (exact) mass is 321 g/mol. The van der Waals surface area contributed by atoms with Crippen molar-refractivity contribution in [2.75, 3.05) is 39.3 Å². The zero-order valence-electron chi connectivity index (χ0n) is 14.4. The number of nitrogens with one attached hydrogen (secondary N) is 1. The smallest absolute Gasteiger partial charge is 0.227 e. The lowest BCUT2D eigenvalue weighted by molar-refractivity contribution is -0.142. The van der Waals surface area contributed by atoms with Crippen molar-refractivity contribution in [1.82, 2.24) is 15.1 Å². The molecule has 1 unspecified atom stereocenters. The summed E-state index contributed by atoms with van der Waals surface area (Å²) in [6.45, 7) is 7.52. The molecule has 2 saturated heterocycles. The van der Waals surface area contributed by atoms with Gasteiger partial charge in [-0.1, -0.05) is 6.92 Å². The second kappa shape index (κ2) is 7.65. The minimum atomic E-state index is 0.0387. The van der Waals surface area contributed by atoms with Gasteiger partial charge >= 0.3 is 0 Å². The van der Waals surface area contributed by atoms with Crippen LogP contribution in [0.5, 0.6) is 0 Å². The molecule has 5 nitrogen and oxygen atoms in total. The number of piperidine rings is 2. The third-order valence-corrected chi connectivity index (χ3v) is 5.62. The fourth-order valence-electron chi connectivity index (χ4n) is 3.93. The summed E-state index contributed by atoms with van der Waals surface area (Å²) in [4.78, 5) is 29.1. The topological polar surface area (TPSA) is 52.7 Å². The highest BCUT2D eigenvalue weighted by molar-refractivity contribution is 5.83. The summed E-state index contributed by atoms with van der Waals surface area (Å²) in [5, 5.41) is 3.41. The van der Waals surface area contributed by atoms with Gasteiger partial charge in [0.25, 0.3) is 0 Å². The zero-order valence-corrected chi connectivity index (χ0v) is 14.4. The van der Waals surface area contributed by atoms with Crippen molar-refractivity contribution in [2.24, 2.45) is 17.8 Å². The van der Waals surface area contributed by atoms with Crippen LogP contribution in [0.15, 0.2) is 0 Å². The summed E-state index contributed by atoms with van der Waals surface area (Å²) in [6.07, 6.45) is 6.24. The fraction of sp³-hybridized carbons (Fsp3) is 0.889. The zero-order chi connectivity index (χ0) is 16.2. The van der Waals surface area contributed by atoms with Crippen LogP contribution < -0.4 is 5.32 Å². The lowest BCUT2D eigenvalue weighted by Crippen LogP contribution is -2.49. The Kier molecular flexibility index (Phi) is 5.57. The molecule has 1 N–H and O–H groups in total. The van der Waals surface area contributed by atoms with Gasteiger partial charge in [-0.25, -0.2) is 0 Å². The highest BCUT2D eigenvalue weighted by Crippen LogP contribution is 2.33. The third-order valence-electron chi connectivity index (χ3n) is 5.62. The molecule has 5 heteroatoms. The van der Waals surface area contributed by atoms with Gasteiger partial charge in [0.1, 0.15) is 0 Å². The number of nitrogens with zero attached hydrogens (tertiary/aromatic N) is 2. The average molecular weight is 321 g/mol. The largest absolute Gasteiger partial charge is 0.342 e. The Morgan fingerprint density at radius 3 is 2.26 bits per heavy atom. The first-order chi connectivity index (χ1) is 11.2. The molecule has 0 aromatic carbocycles. The summed E-state index contributed by atoms with van der Waals surface area (Å²) in [5.74, 6) is 1.60. The van der Waals surface area contributed by atoms with Gasteiger partial charge in [0.15, 0.2) is 0 Å². The Balaban J connectivity index is 1.47. The quantitative estimate of drug-likeness (QED) is 0.834. The predicted octanol–water partition coefficient (Wildman–Crippen LogP) is 1.48. The lowest BCUT2D eigenvalue weighted by atomic mass is 9.92. The average Bonchev–Trinajstić information content (AvgIpc) is 3.44. The van der Waals surface area contributed by atoms with Gasteiger partial charge < -0.3 is 15.1 Å². The van der Waals surface area contributed by atoms with E-state index in [0.29, 0.717) is 24.3 Å². The number of carbonyl (C=O) groups excluding carboxylic acids is 2. The molecule has 2 heterocycles. The van der Waals surface area contributed by atoms with Crippen molar-refractivity contribution in [1.29, 1.82) is 0 Å². The Labute approximate surface area is 139 Å². The van der Waals surface area contributed by atoms with Crippen molar-refractivity contribution < 1.29 is 9.59 Å². The second-order valence-corrected chi connectivity index (χ2v) is 7.47. The molecule has 0 bridgehead atoms. The molecule has 0 radical (unpaired) electrons. The molecule has 130 valence electrons. The van der Waals surface area contributed by atoms with Crippen molar-refractivity contribution in [3.63, 3.8) is 0 Å². The molecule has 23 heavy (non-hydrogen) atoms. The number of hydrogen-bond acceptors (Lipinski definition) is 3. The molecule has 1 atom stereocenters. The van der Waals surface area contributed by atoms with Crippen LogP contribution in [0, 0.1) is 17.8 Å². The van der Waals surface area contributed by atoms with Crippen molar-refractivity contribution in [3.05, 3.63) is 0 Å². The summed E-state index contributed by atoms with van der Waals surface area (Å²) >= 11 is 0. The lowest BCUT2D eigenvalue weighted by Gasteiger charge is -2.38. The van der Waals surface area contributed by atoms with Crippen LogP contribution in [-0.4, -0.2) is 60.9 Å². The number of likely N-dealkylation sites (tertiary alicyclic amines) is 2. The van der Waals surface area contributed by atoms with E-state index in [9.17, 15) is 9.59 Å². The Morgan fingerprint density at radius 2 is 1.61 bits per heavy atom. The van der Waals surface area contributed by atoms with E-state index >= 15 is 0 Å². The highest BCUT2D eigenvalue weighted by Gasteiger charge is 2.38. The van der Waals surface area contributed by atoms with E-state index in [1.165, 1.54) is 0 Å². The van der Waals surface area contributed by atoms with Crippen LogP contribution in [0.2, 0.25) is 0 Å². The van der Waals surface area contributed by atoms with Crippen molar-refractivity contribution >= 4 is 11.8 Å². The van der Waals surface area contributed by atoms with Crippen LogP contribution >= 0.6 is 0 Å². The molecular weight excluding hydrogens is 290 g/mol. The maximum atomic E-state index is 12.8. The SMILES string of the molecule is CCNCC1CCN(C(=O)C2CCCN(C(=O)C3CC3)C2)CC1. The third kappa shape index (κ3) is 4.25. The van der Waals surface area contributed by atoms with Crippen LogP contribution in [0.1, 0.15) is 45.4 Å². The molecule has 3 rings (SSSR count). The molecule has 3 fully saturated rings. The van der Waals surface area contributed by atoms with Gasteiger partial charge in [0.2, 0.25) is 11.8 Å². The van der Waals surface area contributed by atoms with Crippen LogP contribution in [0.25, 0.3) is 0 Å². The molecule has 2 amide bonds. The molecule has 1 saturated carbocycles. The predicted molar refractivity (Wildman–Crippen MR) is 89.9 cm³/mol. The summed E-state index contributed by atoms with van der Waals surface area (Å²) < 4.78 is 0. The first kappa shape index (κ1) is 16.7. The maximum Gasteiger partial charge on any atom is 0.227 e. The van der Waals surface area contributed by atoms with E-state index in [1.807, 2.05) is 4.90 Å². The standard InChI is InChI=1S/C18H31N3O2/c1-2-19-12-14-7-10-20(11-8-14)18(23)16-4-3-9-21(13-16)17(22)15-5-6-15/h14-16,19H,2-13H2,1H3. The maximum absolute atomic E-state index is 12.8. The molecule has 0 aromatic heterocycles. The molecular formula is C18H31N3O2. The van der Waals surface area contributed by atoms with E-state index in [0.717, 1.165) is 71.2 Å². The van der Waals surface area contributed by atoms with Gasteiger partial charge in [-0.15, -0.1) is 0 Å². The highest BCUT2D eigenvalue weighted by atomic mass is 16.2. The molecule has 0 aromatic rings. The van der Waals surface area contributed by atoms with Crippen molar-refractivity contribution in [3.8, 4) is 0 Å². The van der Waals surface area contributed by atoms with Gasteiger partial charge in [-0.2, -0.15) is 0 Å². The normalized spacial score (nSPS) is 26.4. The fourth-order valence-corrected chi connectivity index (χ4v) is 3.93. The number of amides is 2. The number of rotatable bonds is 5. The van der Waals surface area contributed by atoms with Crippen LogP contribution in [-0.2, 0) is 9.59 Å². The van der Waals surface area contributed by atoms with Crippen molar-refractivity contribution in [2.45, 2.75) is 45.4 Å². The van der Waals surface area contributed by atoms with Gasteiger partial charge in [-0.05, 0) is 57.5 Å². The number of carbonyl (C=O) groups is 2. The van der Waals surface area contributed by atoms with Gasteiger partial charge in [-0.3, -0.25) is 9.59 Å². The van der Waals surface area contributed by atoms with E-state index in [2.05, 4.69) is 17.1 Å². The minimum Gasteiger partial charge on any atom is -0.342 e. The summed E-state index contributed by atoms with van der Waals surface area (Å²) in [5.41, 5.74) is 0. The molecule has 0 spiro atoms. The van der Waals surface area contributed by atoms with E-state index in [-0.39, 0.29) is 11.8 Å². The summed E-state index contributed by atoms with van der Waals surface area (Å²) in [6, 6.07) is 0. The van der Waals surface area contributed by atoms with E-state index in [4.69, 9.17) is 0 Å². The Bertz CT molecular complexity index is 428. The van der Waals surface area contributed by atoms with Crippen LogP contribution in [0.4, 0.5) is 0 Å². The second-order valence-electron chi connectivity index (χ2n) is 7.47. The number of hydrogen-bond donors (Lipinski definition) is 1. The molecule has 3 aliphatic rings. The van der Waals surface area contributed by atoms with Gasteiger partial charge in [0, 0.05) is 32.1 Å². The molecule has 2 aliphatic heterocycles. The van der Waals surface area contributed by atoms with E-state index < -0.39 is 0 Å². The summed E-state index contributed by atoms with van der Waals surface area (Å²) in [7, 11) is 0. The van der Waals surface area contributed by atoms with E-state index in [1.54, 1.807) is 0 Å². The minimum absolute atomic E-state index is 0.0387. The first-order valence-electron chi connectivity index (χ1n) is 9.47. The Morgan fingerprint density at radius 1 is 0.913 bits per heavy atom. The molecule has 1 aliphatic carbocycles. The van der Waals surface area contributed by atoms with Gasteiger partial charge in [0.05, 0.1) is 5.92 Å².